The van der Waals surface area contributed by atoms with Gasteiger partial charge in [0.2, 0.25) is 11.7 Å². The van der Waals surface area contributed by atoms with Crippen molar-refractivity contribution < 1.29 is 9.63 Å². The Bertz CT molecular complexity index is 587. The molecule has 0 spiro atoms. The summed E-state index contributed by atoms with van der Waals surface area (Å²) >= 11 is 6.11. The molecule has 0 bridgehead atoms. The van der Waals surface area contributed by atoms with E-state index < -0.39 is 0 Å². The summed E-state index contributed by atoms with van der Waals surface area (Å²) in [4.78, 5) is 6.50. The number of hydrogen-bond donors (Lipinski definition) is 1. The van der Waals surface area contributed by atoms with Crippen molar-refractivity contribution in [3.63, 3.8) is 0 Å². The molecule has 0 amide bonds. The second-order valence-corrected chi connectivity index (χ2v) is 5.43. The Labute approximate surface area is 122 Å². The maximum atomic E-state index is 9.65. The Morgan fingerprint density at radius 2 is 2.25 bits per heavy atom. The fourth-order valence-corrected chi connectivity index (χ4v) is 2.66. The van der Waals surface area contributed by atoms with Gasteiger partial charge in [-0.2, -0.15) is 4.98 Å². The second kappa shape index (κ2) is 5.91. The van der Waals surface area contributed by atoms with Gasteiger partial charge in [-0.1, -0.05) is 28.9 Å². The number of aromatic nitrogens is 2. The van der Waals surface area contributed by atoms with Gasteiger partial charge in [0.1, 0.15) is 0 Å². The molecule has 2 heterocycles. The summed E-state index contributed by atoms with van der Waals surface area (Å²) in [7, 11) is 0. The van der Waals surface area contributed by atoms with Crippen molar-refractivity contribution in [3.05, 3.63) is 35.2 Å². The van der Waals surface area contributed by atoms with Crippen molar-refractivity contribution in [3.8, 4) is 11.4 Å². The number of nitrogens with zero attached hydrogens (tertiary/aromatic N) is 3. The molecule has 20 heavy (non-hydrogen) atoms. The summed E-state index contributed by atoms with van der Waals surface area (Å²) in [5, 5.41) is 14.2. The smallest absolute Gasteiger partial charge is 0.241 e. The highest BCUT2D eigenvalue weighted by atomic mass is 35.5. The zero-order valence-corrected chi connectivity index (χ0v) is 11.8. The van der Waals surface area contributed by atoms with Gasteiger partial charge in [0.15, 0.2) is 0 Å². The number of halogens is 1. The van der Waals surface area contributed by atoms with Gasteiger partial charge in [-0.3, -0.25) is 4.90 Å². The lowest BCUT2D eigenvalue weighted by atomic mass is 10.1. The number of piperidine rings is 1. The second-order valence-electron chi connectivity index (χ2n) is 5.02. The van der Waals surface area contributed by atoms with Crippen LogP contribution in [0.3, 0.4) is 0 Å². The predicted octanol–water partition coefficient (Wildman–Crippen LogP) is 2.35. The summed E-state index contributed by atoms with van der Waals surface area (Å²) in [6.45, 7) is 2.17. The number of hydrogen-bond acceptors (Lipinski definition) is 5. The summed E-state index contributed by atoms with van der Waals surface area (Å²) in [6, 6.07) is 7.41. The maximum Gasteiger partial charge on any atom is 0.241 e. The minimum Gasteiger partial charge on any atom is -0.392 e. The highest BCUT2D eigenvalue weighted by Crippen LogP contribution is 2.25. The van der Waals surface area contributed by atoms with Crippen LogP contribution in [-0.2, 0) is 6.54 Å². The third-order valence-corrected chi connectivity index (χ3v) is 3.75. The minimum atomic E-state index is -0.255. The fraction of sp³-hybridized carbons (Fsp3) is 0.429. The number of β-amino-alcohol motifs (C(OH)–C–C–N with tert-alkyl or cyclic N) is 1. The van der Waals surface area contributed by atoms with Crippen molar-refractivity contribution in [2.24, 2.45) is 0 Å². The summed E-state index contributed by atoms with van der Waals surface area (Å²) in [5.41, 5.74) is 0.767. The average molecular weight is 294 g/mol. The predicted molar refractivity (Wildman–Crippen MR) is 75.3 cm³/mol. The zero-order chi connectivity index (χ0) is 13.9. The first-order chi connectivity index (χ1) is 9.72. The Morgan fingerprint density at radius 1 is 1.40 bits per heavy atom. The van der Waals surface area contributed by atoms with Crippen molar-refractivity contribution in [2.75, 3.05) is 13.1 Å². The molecule has 1 saturated heterocycles. The van der Waals surface area contributed by atoms with E-state index in [0.717, 1.165) is 24.9 Å². The van der Waals surface area contributed by atoms with Gasteiger partial charge in [-0.25, -0.2) is 0 Å². The monoisotopic (exact) mass is 293 g/mol. The van der Waals surface area contributed by atoms with Gasteiger partial charge >= 0.3 is 0 Å². The highest BCUT2D eigenvalue weighted by Gasteiger charge is 2.20. The molecule has 2 aromatic rings. The Balaban J connectivity index is 1.72. The van der Waals surface area contributed by atoms with Crippen molar-refractivity contribution in [1.82, 2.24) is 15.0 Å². The maximum absolute atomic E-state index is 9.65. The van der Waals surface area contributed by atoms with E-state index in [1.807, 2.05) is 18.2 Å². The summed E-state index contributed by atoms with van der Waals surface area (Å²) in [5.74, 6) is 1.05. The zero-order valence-electron chi connectivity index (χ0n) is 11.0. The van der Waals surface area contributed by atoms with Crippen LogP contribution < -0.4 is 0 Å². The van der Waals surface area contributed by atoms with Crippen LogP contribution >= 0.6 is 11.6 Å². The van der Waals surface area contributed by atoms with E-state index in [0.29, 0.717) is 29.8 Å². The van der Waals surface area contributed by atoms with Gasteiger partial charge in [-0.05, 0) is 31.5 Å². The SMILES string of the molecule is OC1CCCN(Cc2nc(-c3ccccc3Cl)no2)C1. The lowest BCUT2D eigenvalue weighted by molar-refractivity contribution is 0.0613. The molecule has 1 aliphatic rings. The fourth-order valence-electron chi connectivity index (χ4n) is 2.44. The quantitative estimate of drug-likeness (QED) is 0.941. The third-order valence-electron chi connectivity index (χ3n) is 3.42. The molecule has 1 aliphatic heterocycles. The van der Waals surface area contributed by atoms with E-state index in [9.17, 15) is 5.11 Å². The lowest BCUT2D eigenvalue weighted by Gasteiger charge is -2.28. The van der Waals surface area contributed by atoms with Crippen LogP contribution in [0.4, 0.5) is 0 Å². The summed E-state index contributed by atoms with van der Waals surface area (Å²) in [6.07, 6.45) is 1.60. The van der Waals surface area contributed by atoms with Crippen molar-refractivity contribution >= 4 is 11.6 Å². The van der Waals surface area contributed by atoms with Gasteiger partial charge < -0.3 is 9.63 Å². The van der Waals surface area contributed by atoms with E-state index in [1.54, 1.807) is 6.07 Å². The van der Waals surface area contributed by atoms with Crippen molar-refractivity contribution in [1.29, 1.82) is 0 Å². The molecule has 0 aliphatic carbocycles. The van der Waals surface area contributed by atoms with Crippen LogP contribution in [0, 0.1) is 0 Å². The van der Waals surface area contributed by atoms with Gasteiger partial charge in [0, 0.05) is 12.1 Å². The molecule has 1 atom stereocenters. The van der Waals surface area contributed by atoms with Crippen LogP contribution in [-0.4, -0.2) is 39.3 Å². The first-order valence-corrected chi connectivity index (χ1v) is 7.08. The standard InChI is InChI=1S/C14H16ClN3O2/c15-12-6-2-1-5-11(12)14-16-13(20-17-14)9-18-7-3-4-10(19)8-18/h1-2,5-6,10,19H,3-4,7-9H2. The third kappa shape index (κ3) is 3.00. The molecule has 5 nitrogen and oxygen atoms in total. The van der Waals surface area contributed by atoms with E-state index >= 15 is 0 Å². The minimum absolute atomic E-state index is 0.255. The molecule has 0 radical (unpaired) electrons. The van der Waals surface area contributed by atoms with Crippen LogP contribution in [0.2, 0.25) is 5.02 Å². The molecule has 1 unspecified atom stereocenters. The Hall–Kier alpha value is -1.43. The van der Waals surface area contributed by atoms with E-state index in [4.69, 9.17) is 16.1 Å². The summed E-state index contributed by atoms with van der Waals surface area (Å²) < 4.78 is 5.27. The molecular formula is C14H16ClN3O2. The number of aliphatic hydroxyl groups excluding tert-OH is 1. The van der Waals surface area contributed by atoms with Crippen LogP contribution in [0.1, 0.15) is 18.7 Å². The molecule has 6 heteroatoms. The van der Waals surface area contributed by atoms with Crippen molar-refractivity contribution in [2.45, 2.75) is 25.5 Å². The molecule has 0 saturated carbocycles. The molecule has 1 fully saturated rings. The Morgan fingerprint density at radius 3 is 3.05 bits per heavy atom. The lowest BCUT2D eigenvalue weighted by Crippen LogP contribution is -2.37. The van der Waals surface area contributed by atoms with Gasteiger partial charge in [-0.15, -0.1) is 0 Å². The van der Waals surface area contributed by atoms with E-state index in [1.165, 1.54) is 0 Å². The number of benzene rings is 1. The highest BCUT2D eigenvalue weighted by molar-refractivity contribution is 6.33. The number of aliphatic hydroxyl groups is 1. The molecule has 3 rings (SSSR count). The topological polar surface area (TPSA) is 62.4 Å². The molecule has 106 valence electrons. The molecule has 1 N–H and O–H groups in total. The van der Waals surface area contributed by atoms with E-state index in [2.05, 4.69) is 15.0 Å². The van der Waals surface area contributed by atoms with Crippen LogP contribution in [0.5, 0.6) is 0 Å². The first kappa shape index (κ1) is 13.5. The number of rotatable bonds is 3. The van der Waals surface area contributed by atoms with Crippen LogP contribution in [0.15, 0.2) is 28.8 Å². The van der Waals surface area contributed by atoms with Gasteiger partial charge in [0.25, 0.3) is 0 Å². The average Bonchev–Trinajstić information content (AvgIpc) is 2.87. The normalized spacial score (nSPS) is 20.2. The largest absolute Gasteiger partial charge is 0.392 e. The molecule has 1 aromatic carbocycles. The van der Waals surface area contributed by atoms with Gasteiger partial charge in [0.05, 0.1) is 17.7 Å². The Kier molecular flexibility index (Phi) is 4.00. The van der Waals surface area contributed by atoms with Crippen LogP contribution in [0.25, 0.3) is 11.4 Å². The molecule has 1 aromatic heterocycles. The molecular weight excluding hydrogens is 278 g/mol. The number of likely N-dealkylation sites (tertiary alicyclic amines) is 1. The first-order valence-electron chi connectivity index (χ1n) is 6.70. The van der Waals surface area contributed by atoms with E-state index in [-0.39, 0.29) is 6.10 Å².